The number of hydrogen-bond donors (Lipinski definition) is 0. The van der Waals surface area contributed by atoms with Gasteiger partial charge < -0.3 is 14.4 Å². The van der Waals surface area contributed by atoms with Gasteiger partial charge in [0.15, 0.2) is 0 Å². The maximum atomic E-state index is 12.2. The van der Waals surface area contributed by atoms with Crippen LogP contribution in [0, 0.1) is 0 Å². The van der Waals surface area contributed by atoms with Gasteiger partial charge in [-0.1, -0.05) is 13.3 Å². The van der Waals surface area contributed by atoms with E-state index in [1.165, 1.54) is 0 Å². The summed E-state index contributed by atoms with van der Waals surface area (Å²) in [6.45, 7) is 8.91. The Balaban J connectivity index is 2.35. The van der Waals surface area contributed by atoms with Gasteiger partial charge in [-0.3, -0.25) is 4.79 Å². The third kappa shape index (κ3) is 4.94. The van der Waals surface area contributed by atoms with Gasteiger partial charge in [0, 0.05) is 26.3 Å². The molecule has 0 N–H and O–H groups in total. The number of piperidine rings is 1. The second-order valence-corrected chi connectivity index (χ2v) is 4.87. The van der Waals surface area contributed by atoms with E-state index in [2.05, 4.69) is 6.92 Å². The highest BCUT2D eigenvalue weighted by Gasteiger charge is 2.27. The maximum Gasteiger partial charge on any atom is 0.251 e. The second-order valence-electron chi connectivity index (χ2n) is 4.87. The smallest absolute Gasteiger partial charge is 0.251 e. The van der Waals surface area contributed by atoms with Crippen LogP contribution in [0.2, 0.25) is 0 Å². The highest BCUT2D eigenvalue weighted by molar-refractivity contribution is 5.80. The van der Waals surface area contributed by atoms with Gasteiger partial charge in [0.1, 0.15) is 6.10 Å². The van der Waals surface area contributed by atoms with Crippen molar-refractivity contribution in [3.05, 3.63) is 0 Å². The molecule has 0 aromatic rings. The molecule has 1 aliphatic heterocycles. The highest BCUT2D eigenvalue weighted by atomic mass is 16.5. The first-order valence-electron chi connectivity index (χ1n) is 7.21. The minimum atomic E-state index is -0.322. The standard InChI is InChI=1S/C14H27NO3/c1-4-6-10-18-12(3)14(16)15-9-7-8-13(11-15)17-5-2/h12-13H,4-11H2,1-3H3. The number of hydrogen-bond acceptors (Lipinski definition) is 3. The Labute approximate surface area is 111 Å². The third-order valence-electron chi connectivity index (χ3n) is 3.31. The summed E-state index contributed by atoms with van der Waals surface area (Å²) in [6.07, 6.45) is 4.07. The lowest BCUT2D eigenvalue weighted by Gasteiger charge is -2.34. The monoisotopic (exact) mass is 257 g/mol. The molecule has 0 aromatic carbocycles. The molecule has 1 amide bonds. The molecule has 2 unspecified atom stereocenters. The van der Waals surface area contributed by atoms with Crippen LogP contribution in [0.3, 0.4) is 0 Å². The second kappa shape index (κ2) is 8.48. The number of carbonyl (C=O) groups is 1. The number of nitrogens with zero attached hydrogens (tertiary/aromatic N) is 1. The van der Waals surface area contributed by atoms with E-state index in [1.807, 2.05) is 18.7 Å². The predicted molar refractivity (Wildman–Crippen MR) is 71.6 cm³/mol. The zero-order valence-electron chi connectivity index (χ0n) is 12.0. The average Bonchev–Trinajstić information content (AvgIpc) is 2.39. The molecule has 1 saturated heterocycles. The van der Waals surface area contributed by atoms with Crippen LogP contribution < -0.4 is 0 Å². The lowest BCUT2D eigenvalue weighted by atomic mass is 10.1. The van der Waals surface area contributed by atoms with Crippen molar-refractivity contribution in [1.82, 2.24) is 4.90 Å². The number of ether oxygens (including phenoxy) is 2. The van der Waals surface area contributed by atoms with Gasteiger partial charge >= 0.3 is 0 Å². The van der Waals surface area contributed by atoms with Crippen LogP contribution in [-0.4, -0.2) is 49.3 Å². The number of amides is 1. The fraction of sp³-hybridized carbons (Fsp3) is 0.929. The van der Waals surface area contributed by atoms with E-state index in [0.29, 0.717) is 13.2 Å². The van der Waals surface area contributed by atoms with Gasteiger partial charge in [-0.05, 0) is 33.1 Å². The molecule has 0 aromatic heterocycles. The van der Waals surface area contributed by atoms with E-state index < -0.39 is 0 Å². The lowest BCUT2D eigenvalue weighted by molar-refractivity contribution is -0.146. The van der Waals surface area contributed by atoms with Crippen molar-refractivity contribution in [2.24, 2.45) is 0 Å². The number of carbonyl (C=O) groups excluding carboxylic acids is 1. The SMILES string of the molecule is CCCCOC(C)C(=O)N1CCCC(OCC)C1. The summed E-state index contributed by atoms with van der Waals surface area (Å²) >= 11 is 0. The summed E-state index contributed by atoms with van der Waals surface area (Å²) in [5.41, 5.74) is 0. The van der Waals surface area contributed by atoms with Crippen LogP contribution in [0.25, 0.3) is 0 Å². The number of unbranched alkanes of at least 4 members (excludes halogenated alkanes) is 1. The quantitative estimate of drug-likeness (QED) is 0.656. The lowest BCUT2D eigenvalue weighted by Crippen LogP contribution is -2.47. The molecule has 1 rings (SSSR count). The van der Waals surface area contributed by atoms with Gasteiger partial charge in [0.2, 0.25) is 0 Å². The first-order chi connectivity index (χ1) is 8.69. The molecule has 1 fully saturated rings. The molecule has 18 heavy (non-hydrogen) atoms. The minimum Gasteiger partial charge on any atom is -0.377 e. The first kappa shape index (κ1) is 15.4. The third-order valence-corrected chi connectivity index (χ3v) is 3.31. The fourth-order valence-electron chi connectivity index (χ4n) is 2.24. The molecule has 1 aliphatic rings. The van der Waals surface area contributed by atoms with Crippen LogP contribution in [0.1, 0.15) is 46.5 Å². The van der Waals surface area contributed by atoms with Gasteiger partial charge in [-0.15, -0.1) is 0 Å². The summed E-state index contributed by atoms with van der Waals surface area (Å²) in [5, 5.41) is 0. The molecule has 1 heterocycles. The normalized spacial score (nSPS) is 21.9. The van der Waals surface area contributed by atoms with Crippen LogP contribution in [0.15, 0.2) is 0 Å². The topological polar surface area (TPSA) is 38.8 Å². The molecule has 0 saturated carbocycles. The van der Waals surface area contributed by atoms with E-state index in [-0.39, 0.29) is 18.1 Å². The summed E-state index contributed by atoms with van der Waals surface area (Å²) in [7, 11) is 0. The Morgan fingerprint density at radius 3 is 2.89 bits per heavy atom. The molecule has 0 bridgehead atoms. The Kier molecular flexibility index (Phi) is 7.28. The highest BCUT2D eigenvalue weighted by Crippen LogP contribution is 2.15. The average molecular weight is 257 g/mol. The van der Waals surface area contributed by atoms with E-state index in [9.17, 15) is 4.79 Å². The van der Waals surface area contributed by atoms with Crippen molar-refractivity contribution in [2.45, 2.75) is 58.7 Å². The molecule has 4 nitrogen and oxygen atoms in total. The van der Waals surface area contributed by atoms with Crippen molar-refractivity contribution in [3.63, 3.8) is 0 Å². The molecule has 0 aliphatic carbocycles. The zero-order chi connectivity index (χ0) is 13.4. The molecular formula is C14H27NO3. The van der Waals surface area contributed by atoms with Crippen molar-refractivity contribution in [1.29, 1.82) is 0 Å². The van der Waals surface area contributed by atoms with E-state index in [0.717, 1.165) is 38.8 Å². The Morgan fingerprint density at radius 2 is 2.22 bits per heavy atom. The summed E-state index contributed by atoms with van der Waals surface area (Å²) < 4.78 is 11.2. The van der Waals surface area contributed by atoms with Crippen molar-refractivity contribution in [2.75, 3.05) is 26.3 Å². The molecule has 0 radical (unpaired) electrons. The number of rotatable bonds is 7. The molecule has 106 valence electrons. The summed E-state index contributed by atoms with van der Waals surface area (Å²) in [6, 6.07) is 0. The van der Waals surface area contributed by atoms with Crippen LogP contribution in [-0.2, 0) is 14.3 Å². The van der Waals surface area contributed by atoms with Gasteiger partial charge in [-0.2, -0.15) is 0 Å². The Bertz CT molecular complexity index is 243. The van der Waals surface area contributed by atoms with E-state index in [4.69, 9.17) is 9.47 Å². The fourth-order valence-corrected chi connectivity index (χ4v) is 2.24. The number of likely N-dealkylation sites (tertiary alicyclic amines) is 1. The van der Waals surface area contributed by atoms with Gasteiger partial charge in [0.25, 0.3) is 5.91 Å². The Morgan fingerprint density at radius 1 is 1.44 bits per heavy atom. The van der Waals surface area contributed by atoms with E-state index >= 15 is 0 Å². The van der Waals surface area contributed by atoms with E-state index in [1.54, 1.807) is 0 Å². The zero-order valence-corrected chi connectivity index (χ0v) is 12.0. The largest absolute Gasteiger partial charge is 0.377 e. The van der Waals surface area contributed by atoms with Crippen molar-refractivity contribution < 1.29 is 14.3 Å². The summed E-state index contributed by atoms with van der Waals surface area (Å²) in [4.78, 5) is 14.1. The predicted octanol–water partition coefficient (Wildman–Crippen LogP) is 2.22. The molecule has 0 spiro atoms. The van der Waals surface area contributed by atoms with Crippen LogP contribution in [0.4, 0.5) is 0 Å². The van der Waals surface area contributed by atoms with Crippen LogP contribution in [0.5, 0.6) is 0 Å². The molecule has 4 heteroatoms. The minimum absolute atomic E-state index is 0.107. The van der Waals surface area contributed by atoms with Crippen LogP contribution >= 0.6 is 0 Å². The summed E-state index contributed by atoms with van der Waals surface area (Å²) in [5.74, 6) is 0.107. The molecule has 2 atom stereocenters. The van der Waals surface area contributed by atoms with Gasteiger partial charge in [-0.25, -0.2) is 0 Å². The van der Waals surface area contributed by atoms with Crippen molar-refractivity contribution in [3.8, 4) is 0 Å². The maximum absolute atomic E-state index is 12.2. The Hall–Kier alpha value is -0.610. The molecular weight excluding hydrogens is 230 g/mol. The first-order valence-corrected chi connectivity index (χ1v) is 7.21. The van der Waals surface area contributed by atoms with Gasteiger partial charge in [0.05, 0.1) is 6.10 Å². The van der Waals surface area contributed by atoms with Crippen molar-refractivity contribution >= 4 is 5.91 Å².